The highest BCUT2D eigenvalue weighted by Crippen LogP contribution is 2.26. The third-order valence-corrected chi connectivity index (χ3v) is 4.52. The third-order valence-electron chi connectivity index (χ3n) is 4.52. The third kappa shape index (κ3) is 4.03. The van der Waals surface area contributed by atoms with Crippen molar-refractivity contribution >= 4 is 22.5 Å². The molecular formula is C20H19F2N3O4. The van der Waals surface area contributed by atoms with Gasteiger partial charge in [0.1, 0.15) is 12.3 Å². The highest BCUT2D eigenvalue weighted by molar-refractivity contribution is 5.92. The van der Waals surface area contributed by atoms with Crippen molar-refractivity contribution in [2.45, 2.75) is 33.5 Å². The smallest absolute Gasteiger partial charge is 0.387 e. The Morgan fingerprint density at radius 3 is 2.52 bits per heavy atom. The monoisotopic (exact) mass is 403 g/mol. The molecule has 0 atom stereocenters. The molecule has 0 unspecified atom stereocenters. The standard InChI is InChI=1S/C20H19F2N3O4/c1-3-24-18(27)13-7-4-5-9-15(13)25(20(24)28)11-17(26)23-14-8-6-10-16(12(14)2)29-19(21)22/h4-10,19H,3,11H2,1-2H3,(H,23,26). The molecule has 0 aliphatic rings. The number of benzene rings is 2. The summed E-state index contributed by atoms with van der Waals surface area (Å²) in [6.45, 7) is 0.0287. The van der Waals surface area contributed by atoms with Gasteiger partial charge in [-0.25, -0.2) is 4.79 Å². The van der Waals surface area contributed by atoms with Crippen molar-refractivity contribution in [2.75, 3.05) is 5.32 Å². The fourth-order valence-corrected chi connectivity index (χ4v) is 3.11. The van der Waals surface area contributed by atoms with Crippen molar-refractivity contribution in [3.8, 4) is 5.75 Å². The molecule has 7 nitrogen and oxygen atoms in total. The van der Waals surface area contributed by atoms with Crippen molar-refractivity contribution in [1.29, 1.82) is 0 Å². The van der Waals surface area contributed by atoms with Gasteiger partial charge in [-0.1, -0.05) is 18.2 Å². The lowest BCUT2D eigenvalue weighted by atomic mass is 10.2. The lowest BCUT2D eigenvalue weighted by molar-refractivity contribution is -0.116. The molecule has 0 aliphatic carbocycles. The molecule has 0 radical (unpaired) electrons. The zero-order chi connectivity index (χ0) is 21.1. The van der Waals surface area contributed by atoms with E-state index in [4.69, 9.17) is 0 Å². The lowest BCUT2D eigenvalue weighted by Gasteiger charge is -2.15. The zero-order valence-electron chi connectivity index (χ0n) is 15.8. The quantitative estimate of drug-likeness (QED) is 0.686. The van der Waals surface area contributed by atoms with E-state index < -0.39 is 23.8 Å². The van der Waals surface area contributed by atoms with Gasteiger partial charge in [-0.15, -0.1) is 0 Å². The summed E-state index contributed by atoms with van der Waals surface area (Å²) in [7, 11) is 0. The summed E-state index contributed by atoms with van der Waals surface area (Å²) >= 11 is 0. The maximum atomic E-state index is 12.7. The highest BCUT2D eigenvalue weighted by Gasteiger charge is 2.16. The minimum atomic E-state index is -2.99. The summed E-state index contributed by atoms with van der Waals surface area (Å²) < 4.78 is 31.7. The number of nitrogens with zero attached hydrogens (tertiary/aromatic N) is 2. The van der Waals surface area contributed by atoms with Crippen molar-refractivity contribution in [3.63, 3.8) is 0 Å². The Bertz CT molecular complexity index is 1180. The number of anilines is 1. The van der Waals surface area contributed by atoms with Crippen LogP contribution in [0.5, 0.6) is 5.75 Å². The van der Waals surface area contributed by atoms with E-state index in [0.717, 1.165) is 4.57 Å². The van der Waals surface area contributed by atoms with E-state index in [9.17, 15) is 23.2 Å². The normalized spacial score (nSPS) is 11.1. The van der Waals surface area contributed by atoms with Gasteiger partial charge in [-0.05, 0) is 38.1 Å². The summed E-state index contributed by atoms with van der Waals surface area (Å²) in [6.07, 6.45) is 0. The van der Waals surface area contributed by atoms with Gasteiger partial charge in [0.15, 0.2) is 0 Å². The molecular weight excluding hydrogens is 384 g/mol. The largest absolute Gasteiger partial charge is 0.434 e. The van der Waals surface area contributed by atoms with Crippen LogP contribution in [0.15, 0.2) is 52.1 Å². The molecule has 1 heterocycles. The van der Waals surface area contributed by atoms with Crippen LogP contribution in [0.1, 0.15) is 12.5 Å². The number of ether oxygens (including phenoxy) is 1. The van der Waals surface area contributed by atoms with Crippen LogP contribution in [0.4, 0.5) is 14.5 Å². The topological polar surface area (TPSA) is 82.3 Å². The van der Waals surface area contributed by atoms with Gasteiger partial charge in [0, 0.05) is 17.8 Å². The minimum absolute atomic E-state index is 0.0556. The summed E-state index contributed by atoms with van der Waals surface area (Å²) in [5.41, 5.74) is -0.0598. The average Bonchev–Trinajstić information content (AvgIpc) is 2.68. The molecule has 0 fully saturated rings. The number of amides is 1. The van der Waals surface area contributed by atoms with Gasteiger partial charge >= 0.3 is 12.3 Å². The van der Waals surface area contributed by atoms with Gasteiger partial charge < -0.3 is 10.1 Å². The summed E-state index contributed by atoms with van der Waals surface area (Å²) in [5, 5.41) is 2.93. The molecule has 0 aliphatic heterocycles. The second-order valence-corrected chi connectivity index (χ2v) is 6.29. The van der Waals surface area contributed by atoms with Crippen LogP contribution >= 0.6 is 0 Å². The molecule has 1 aromatic heterocycles. The number of fused-ring (bicyclic) bond motifs is 1. The molecule has 1 N–H and O–H groups in total. The molecule has 152 valence electrons. The van der Waals surface area contributed by atoms with Crippen LogP contribution < -0.4 is 21.3 Å². The molecule has 0 spiro atoms. The number of rotatable bonds is 6. The van der Waals surface area contributed by atoms with Crippen molar-refractivity contribution in [1.82, 2.24) is 9.13 Å². The molecule has 0 saturated carbocycles. The molecule has 29 heavy (non-hydrogen) atoms. The summed E-state index contributed by atoms with van der Waals surface area (Å²) in [5.74, 6) is -0.601. The Kier molecular flexibility index (Phi) is 5.76. The van der Waals surface area contributed by atoms with Crippen LogP contribution in [0.3, 0.4) is 0 Å². The second-order valence-electron chi connectivity index (χ2n) is 6.29. The number of nitrogens with one attached hydrogen (secondary N) is 1. The van der Waals surface area contributed by atoms with Crippen molar-refractivity contribution in [3.05, 3.63) is 68.9 Å². The van der Waals surface area contributed by atoms with Crippen LogP contribution in [0, 0.1) is 6.92 Å². The van der Waals surface area contributed by atoms with Gasteiger partial charge in [0.2, 0.25) is 5.91 Å². The Morgan fingerprint density at radius 1 is 1.10 bits per heavy atom. The first-order valence-electron chi connectivity index (χ1n) is 8.90. The predicted octanol–water partition coefficient (Wildman–Crippen LogP) is 2.73. The molecule has 0 saturated heterocycles. The van der Waals surface area contributed by atoms with E-state index in [1.165, 1.54) is 23.6 Å². The van der Waals surface area contributed by atoms with E-state index in [1.54, 1.807) is 37.3 Å². The lowest BCUT2D eigenvalue weighted by Crippen LogP contribution is -2.41. The van der Waals surface area contributed by atoms with E-state index in [2.05, 4.69) is 10.1 Å². The van der Waals surface area contributed by atoms with E-state index >= 15 is 0 Å². The Hall–Kier alpha value is -3.49. The molecule has 9 heteroatoms. The first-order chi connectivity index (χ1) is 13.8. The van der Waals surface area contributed by atoms with Crippen LogP contribution in [-0.2, 0) is 17.9 Å². The maximum Gasteiger partial charge on any atom is 0.387 e. The number of aromatic nitrogens is 2. The molecule has 3 rings (SSSR count). The molecule has 0 bridgehead atoms. The van der Waals surface area contributed by atoms with E-state index in [-0.39, 0.29) is 24.5 Å². The molecule has 2 aromatic carbocycles. The Balaban J connectivity index is 1.96. The van der Waals surface area contributed by atoms with E-state index in [0.29, 0.717) is 16.5 Å². The average molecular weight is 403 g/mol. The van der Waals surface area contributed by atoms with Gasteiger partial charge in [0.25, 0.3) is 5.56 Å². The van der Waals surface area contributed by atoms with Crippen molar-refractivity contribution in [2.24, 2.45) is 0 Å². The second kappa shape index (κ2) is 8.26. The zero-order valence-corrected chi connectivity index (χ0v) is 15.8. The van der Waals surface area contributed by atoms with Gasteiger partial charge in [0.05, 0.1) is 10.9 Å². The van der Waals surface area contributed by atoms with Gasteiger partial charge in [-0.3, -0.25) is 18.7 Å². The number of alkyl halides is 2. The fraction of sp³-hybridized carbons (Fsp3) is 0.250. The minimum Gasteiger partial charge on any atom is -0.434 e. The van der Waals surface area contributed by atoms with Crippen LogP contribution in [-0.4, -0.2) is 21.7 Å². The summed E-state index contributed by atoms with van der Waals surface area (Å²) in [4.78, 5) is 37.8. The number of carbonyl (C=O) groups is 1. The number of para-hydroxylation sites is 1. The molecule has 1 amide bonds. The maximum absolute atomic E-state index is 12.7. The SMILES string of the molecule is CCn1c(=O)c2ccccc2n(CC(=O)Nc2cccc(OC(F)F)c2C)c1=O. The summed E-state index contributed by atoms with van der Waals surface area (Å²) in [6, 6.07) is 10.9. The van der Waals surface area contributed by atoms with E-state index in [1.807, 2.05) is 0 Å². The number of carbonyl (C=O) groups excluding carboxylic acids is 1. The molecule has 3 aromatic rings. The fourth-order valence-electron chi connectivity index (χ4n) is 3.11. The first kappa shape index (κ1) is 20.2. The van der Waals surface area contributed by atoms with Gasteiger partial charge in [-0.2, -0.15) is 8.78 Å². The number of hydrogen-bond acceptors (Lipinski definition) is 4. The Morgan fingerprint density at radius 2 is 1.83 bits per heavy atom. The number of halogens is 2. The Labute approximate surface area is 164 Å². The number of hydrogen-bond donors (Lipinski definition) is 1. The van der Waals surface area contributed by atoms with Crippen LogP contribution in [0.25, 0.3) is 10.9 Å². The first-order valence-corrected chi connectivity index (χ1v) is 8.90. The van der Waals surface area contributed by atoms with Crippen LogP contribution in [0.2, 0.25) is 0 Å². The van der Waals surface area contributed by atoms with Crippen molar-refractivity contribution < 1.29 is 18.3 Å². The highest BCUT2D eigenvalue weighted by atomic mass is 19.3. The predicted molar refractivity (Wildman–Crippen MR) is 105 cm³/mol.